The average molecular weight is 404 g/mol. The quantitative estimate of drug-likeness (QED) is 0.352. The fourth-order valence-electron chi connectivity index (χ4n) is 3.06. The van der Waals surface area contributed by atoms with Crippen LogP contribution in [0.5, 0.6) is 5.75 Å². The maximum absolute atomic E-state index is 5.59. The van der Waals surface area contributed by atoms with Crippen molar-refractivity contribution in [2.75, 3.05) is 6.61 Å². The summed E-state index contributed by atoms with van der Waals surface area (Å²) in [7, 11) is 0. The van der Waals surface area contributed by atoms with Crippen LogP contribution in [0.1, 0.15) is 6.92 Å². The van der Waals surface area contributed by atoms with Crippen LogP contribution in [0.4, 0.5) is 0 Å². The molecule has 0 radical (unpaired) electrons. The van der Waals surface area contributed by atoms with Gasteiger partial charge in [0.2, 0.25) is 0 Å². The molecule has 0 atom stereocenters. The van der Waals surface area contributed by atoms with Crippen LogP contribution in [0.15, 0.2) is 82.3 Å². The van der Waals surface area contributed by atoms with Gasteiger partial charge in [0.15, 0.2) is 4.34 Å². The molecule has 6 heteroatoms. The second-order valence-corrected chi connectivity index (χ2v) is 8.62. The van der Waals surface area contributed by atoms with Gasteiger partial charge < -0.3 is 9.14 Å². The topological polar surface area (TPSA) is 39.4 Å². The SMILES string of the molecule is CCOc1ccc2nc(Sc3ccc4nc(-c5ccccc5)cn4c3)sc2c1. The summed E-state index contributed by atoms with van der Waals surface area (Å²) in [5.74, 6) is 0.892. The highest BCUT2D eigenvalue weighted by Gasteiger charge is 2.09. The second-order valence-electron chi connectivity index (χ2n) is 6.27. The van der Waals surface area contributed by atoms with Gasteiger partial charge in [0.1, 0.15) is 11.4 Å². The zero-order valence-corrected chi connectivity index (χ0v) is 16.8. The van der Waals surface area contributed by atoms with Crippen LogP contribution in [0, 0.1) is 0 Å². The molecule has 0 saturated carbocycles. The highest BCUT2D eigenvalue weighted by molar-refractivity contribution is 8.01. The van der Waals surface area contributed by atoms with E-state index in [1.165, 1.54) is 0 Å². The Kier molecular flexibility index (Phi) is 4.50. The number of hydrogen-bond acceptors (Lipinski definition) is 5. The van der Waals surface area contributed by atoms with Gasteiger partial charge in [-0.2, -0.15) is 0 Å². The molecule has 138 valence electrons. The van der Waals surface area contributed by atoms with Crippen LogP contribution in [0.25, 0.3) is 27.1 Å². The lowest BCUT2D eigenvalue weighted by molar-refractivity contribution is 0.341. The van der Waals surface area contributed by atoms with Crippen molar-refractivity contribution in [1.29, 1.82) is 0 Å². The minimum Gasteiger partial charge on any atom is -0.494 e. The first-order valence-corrected chi connectivity index (χ1v) is 10.7. The van der Waals surface area contributed by atoms with Crippen LogP contribution >= 0.6 is 23.1 Å². The molecular weight excluding hydrogens is 386 g/mol. The summed E-state index contributed by atoms with van der Waals surface area (Å²) in [4.78, 5) is 10.6. The van der Waals surface area contributed by atoms with Crippen LogP contribution in [0.3, 0.4) is 0 Å². The molecule has 0 amide bonds. The third-order valence-electron chi connectivity index (χ3n) is 4.35. The molecule has 2 aromatic carbocycles. The third-order valence-corrected chi connectivity index (χ3v) is 6.41. The minimum atomic E-state index is 0.668. The van der Waals surface area contributed by atoms with Crippen molar-refractivity contribution in [3.8, 4) is 17.0 Å². The predicted molar refractivity (Wildman–Crippen MR) is 116 cm³/mol. The summed E-state index contributed by atoms with van der Waals surface area (Å²) in [6, 6.07) is 20.4. The van der Waals surface area contributed by atoms with Crippen molar-refractivity contribution in [1.82, 2.24) is 14.4 Å². The Bertz CT molecular complexity index is 1260. The van der Waals surface area contributed by atoms with Gasteiger partial charge in [0.25, 0.3) is 0 Å². The van der Waals surface area contributed by atoms with Crippen molar-refractivity contribution in [2.24, 2.45) is 0 Å². The Balaban J connectivity index is 1.44. The second kappa shape index (κ2) is 7.30. The Morgan fingerprint density at radius 3 is 2.75 bits per heavy atom. The number of aromatic nitrogens is 3. The lowest BCUT2D eigenvalue weighted by Gasteiger charge is -2.00. The molecule has 0 N–H and O–H groups in total. The van der Waals surface area contributed by atoms with Crippen LogP contribution in [-0.4, -0.2) is 21.0 Å². The smallest absolute Gasteiger partial charge is 0.155 e. The first-order valence-electron chi connectivity index (χ1n) is 9.04. The number of fused-ring (bicyclic) bond motifs is 2. The fraction of sp³-hybridized carbons (Fsp3) is 0.0909. The minimum absolute atomic E-state index is 0.668. The van der Waals surface area contributed by atoms with E-state index < -0.39 is 0 Å². The van der Waals surface area contributed by atoms with Crippen molar-refractivity contribution in [2.45, 2.75) is 16.2 Å². The van der Waals surface area contributed by atoms with Gasteiger partial charge in [0.05, 0.1) is 22.5 Å². The van der Waals surface area contributed by atoms with E-state index in [2.05, 4.69) is 47.1 Å². The molecule has 0 aliphatic rings. The molecule has 5 rings (SSSR count). The van der Waals surface area contributed by atoms with Crippen molar-refractivity contribution in [3.05, 3.63) is 73.1 Å². The maximum atomic E-state index is 5.59. The number of nitrogens with zero attached hydrogens (tertiary/aromatic N) is 3. The number of pyridine rings is 1. The molecule has 0 unspecified atom stereocenters. The van der Waals surface area contributed by atoms with Crippen LogP contribution < -0.4 is 4.74 Å². The Morgan fingerprint density at radius 2 is 1.89 bits per heavy atom. The number of rotatable bonds is 5. The summed E-state index contributed by atoms with van der Waals surface area (Å²) in [5, 5.41) is 0. The van der Waals surface area contributed by atoms with E-state index in [-0.39, 0.29) is 0 Å². The van der Waals surface area contributed by atoms with E-state index in [4.69, 9.17) is 14.7 Å². The number of benzene rings is 2. The van der Waals surface area contributed by atoms with E-state index in [0.29, 0.717) is 6.61 Å². The predicted octanol–water partition coefficient (Wildman–Crippen LogP) is 6.16. The fourth-order valence-corrected chi connectivity index (χ4v) is 5.16. The number of imidazole rings is 1. The molecule has 28 heavy (non-hydrogen) atoms. The van der Waals surface area contributed by atoms with Crippen molar-refractivity contribution in [3.63, 3.8) is 0 Å². The summed E-state index contributed by atoms with van der Waals surface area (Å²) in [5.41, 5.74) is 4.04. The molecule has 4 nitrogen and oxygen atoms in total. The van der Waals surface area contributed by atoms with Gasteiger partial charge in [-0.3, -0.25) is 0 Å². The molecule has 3 aromatic heterocycles. The summed E-state index contributed by atoms with van der Waals surface area (Å²) < 4.78 is 9.83. The highest BCUT2D eigenvalue weighted by Crippen LogP contribution is 2.36. The Hall–Kier alpha value is -2.83. The number of thiazole rings is 1. The van der Waals surface area contributed by atoms with Gasteiger partial charge in [-0.15, -0.1) is 11.3 Å². The van der Waals surface area contributed by atoms with Crippen LogP contribution in [-0.2, 0) is 0 Å². The highest BCUT2D eigenvalue weighted by atomic mass is 32.2. The largest absolute Gasteiger partial charge is 0.494 e. The van der Waals surface area contributed by atoms with Crippen LogP contribution in [0.2, 0.25) is 0 Å². The van der Waals surface area contributed by atoms with Gasteiger partial charge in [-0.1, -0.05) is 42.1 Å². The van der Waals surface area contributed by atoms with Gasteiger partial charge in [0, 0.05) is 22.9 Å². The first-order chi connectivity index (χ1) is 13.8. The van der Waals surface area contributed by atoms with Crippen molar-refractivity contribution < 1.29 is 4.74 Å². The molecule has 0 aliphatic heterocycles. The van der Waals surface area contributed by atoms with E-state index in [0.717, 1.165) is 42.1 Å². The van der Waals surface area contributed by atoms with E-state index in [9.17, 15) is 0 Å². The van der Waals surface area contributed by atoms with Gasteiger partial charge in [-0.25, -0.2) is 9.97 Å². The van der Waals surface area contributed by atoms with Gasteiger partial charge in [-0.05, 0) is 37.3 Å². The first kappa shape index (κ1) is 17.3. The van der Waals surface area contributed by atoms with E-state index >= 15 is 0 Å². The third kappa shape index (κ3) is 3.37. The Morgan fingerprint density at radius 1 is 1.00 bits per heavy atom. The van der Waals surface area contributed by atoms with E-state index in [1.54, 1.807) is 23.1 Å². The number of hydrogen-bond donors (Lipinski definition) is 0. The Labute approximate surface area is 170 Å². The zero-order valence-electron chi connectivity index (χ0n) is 15.2. The molecule has 5 aromatic rings. The molecular formula is C22H17N3OS2. The number of ether oxygens (including phenoxy) is 1. The maximum Gasteiger partial charge on any atom is 0.155 e. The standard InChI is InChI=1S/C22H17N3OS2/c1-2-26-16-8-10-18-20(12-16)28-22(24-18)27-17-9-11-21-23-19(14-25(21)13-17)15-6-4-3-5-7-15/h3-14H,2H2,1H3. The zero-order chi connectivity index (χ0) is 18.9. The van der Waals surface area contributed by atoms with E-state index in [1.807, 2.05) is 37.3 Å². The lowest BCUT2D eigenvalue weighted by Crippen LogP contribution is -1.89. The van der Waals surface area contributed by atoms with Gasteiger partial charge >= 0.3 is 0 Å². The van der Waals surface area contributed by atoms with Crippen molar-refractivity contribution >= 4 is 39.0 Å². The summed E-state index contributed by atoms with van der Waals surface area (Å²) in [6.45, 7) is 2.66. The molecule has 0 aliphatic carbocycles. The molecule has 0 spiro atoms. The molecule has 3 heterocycles. The molecule has 0 bridgehead atoms. The summed E-state index contributed by atoms with van der Waals surface area (Å²) in [6.07, 6.45) is 4.18. The molecule has 0 fully saturated rings. The average Bonchev–Trinajstić information content (AvgIpc) is 3.31. The molecule has 0 saturated heterocycles. The normalized spacial score (nSPS) is 11.3. The summed E-state index contributed by atoms with van der Waals surface area (Å²) >= 11 is 3.36. The lowest BCUT2D eigenvalue weighted by atomic mass is 10.2. The monoisotopic (exact) mass is 403 g/mol.